The summed E-state index contributed by atoms with van der Waals surface area (Å²) in [5.41, 5.74) is 2.96. The first-order chi connectivity index (χ1) is 9.19. The lowest BCUT2D eigenvalue weighted by atomic mass is 10.2. The van der Waals surface area contributed by atoms with Crippen molar-refractivity contribution in [3.63, 3.8) is 0 Å². The maximum absolute atomic E-state index is 11.8. The molecular formula is C13H11ClN2O2S. The van der Waals surface area contributed by atoms with Crippen LogP contribution < -0.4 is 10.2 Å². The molecule has 1 aromatic carbocycles. The van der Waals surface area contributed by atoms with Crippen molar-refractivity contribution in [2.75, 3.05) is 7.11 Å². The van der Waals surface area contributed by atoms with Crippen LogP contribution >= 0.6 is 22.9 Å². The van der Waals surface area contributed by atoms with E-state index in [0.717, 1.165) is 4.88 Å². The molecule has 2 aromatic rings. The second kappa shape index (κ2) is 6.36. The van der Waals surface area contributed by atoms with Crippen LogP contribution in [-0.4, -0.2) is 19.2 Å². The molecule has 98 valence electrons. The Bertz CT molecular complexity index is 593. The molecule has 0 aliphatic heterocycles. The highest BCUT2D eigenvalue weighted by Crippen LogP contribution is 2.19. The van der Waals surface area contributed by atoms with E-state index in [-0.39, 0.29) is 5.91 Å². The molecular weight excluding hydrogens is 284 g/mol. The smallest absolute Gasteiger partial charge is 0.271 e. The van der Waals surface area contributed by atoms with Crippen LogP contribution in [0.4, 0.5) is 0 Å². The van der Waals surface area contributed by atoms with Crippen molar-refractivity contribution in [1.82, 2.24) is 5.43 Å². The molecule has 19 heavy (non-hydrogen) atoms. The van der Waals surface area contributed by atoms with Crippen LogP contribution in [0.1, 0.15) is 15.2 Å². The van der Waals surface area contributed by atoms with Gasteiger partial charge < -0.3 is 4.74 Å². The van der Waals surface area contributed by atoms with Gasteiger partial charge in [0.25, 0.3) is 5.91 Å². The zero-order chi connectivity index (χ0) is 13.7. The Morgan fingerprint density at radius 1 is 1.32 bits per heavy atom. The molecule has 0 aliphatic rings. The number of hydrazone groups is 1. The summed E-state index contributed by atoms with van der Waals surface area (Å²) in [4.78, 5) is 12.6. The third-order valence-electron chi connectivity index (χ3n) is 2.30. The third kappa shape index (κ3) is 3.81. The van der Waals surface area contributed by atoms with Gasteiger partial charge in [-0.05, 0) is 36.4 Å². The number of amides is 1. The van der Waals surface area contributed by atoms with Crippen LogP contribution in [-0.2, 0) is 0 Å². The molecule has 1 amide bonds. The first-order valence-corrected chi connectivity index (χ1v) is 6.61. The minimum absolute atomic E-state index is 0.276. The van der Waals surface area contributed by atoms with Gasteiger partial charge in [-0.15, -0.1) is 11.3 Å². The van der Waals surface area contributed by atoms with Crippen molar-refractivity contribution in [1.29, 1.82) is 0 Å². The number of hydrogen-bond donors (Lipinski definition) is 1. The first-order valence-electron chi connectivity index (χ1n) is 5.42. The topological polar surface area (TPSA) is 50.7 Å². The molecule has 1 heterocycles. The predicted molar refractivity (Wildman–Crippen MR) is 77.4 cm³/mol. The lowest BCUT2D eigenvalue weighted by Crippen LogP contribution is -2.17. The number of nitrogens with one attached hydrogen (secondary N) is 1. The summed E-state index contributed by atoms with van der Waals surface area (Å²) < 4.78 is 5.70. The van der Waals surface area contributed by atoms with Crippen molar-refractivity contribution in [3.8, 4) is 5.75 Å². The summed E-state index contributed by atoms with van der Waals surface area (Å²) in [6.45, 7) is 0. The van der Waals surface area contributed by atoms with Gasteiger partial charge in [0.05, 0.1) is 17.7 Å². The van der Waals surface area contributed by atoms with Crippen molar-refractivity contribution in [2.45, 2.75) is 0 Å². The Labute approximate surface area is 119 Å². The minimum atomic E-state index is -0.276. The third-order valence-corrected chi connectivity index (χ3v) is 3.47. The number of nitrogens with zero attached hydrogens (tertiary/aromatic N) is 1. The van der Waals surface area contributed by atoms with E-state index < -0.39 is 0 Å². The van der Waals surface area contributed by atoms with E-state index in [0.29, 0.717) is 15.6 Å². The maximum Gasteiger partial charge on any atom is 0.271 e. The summed E-state index contributed by atoms with van der Waals surface area (Å²) in [7, 11) is 1.57. The largest absolute Gasteiger partial charge is 0.497 e. The summed E-state index contributed by atoms with van der Waals surface area (Å²) in [5, 5.41) is 3.87. The van der Waals surface area contributed by atoms with E-state index >= 15 is 0 Å². The fraction of sp³-hybridized carbons (Fsp3) is 0.0769. The molecule has 6 heteroatoms. The van der Waals surface area contributed by atoms with E-state index in [1.165, 1.54) is 11.3 Å². The highest BCUT2D eigenvalue weighted by molar-refractivity contribution is 7.17. The van der Waals surface area contributed by atoms with Gasteiger partial charge in [-0.2, -0.15) is 5.10 Å². The average molecular weight is 295 g/mol. The Morgan fingerprint density at radius 2 is 2.05 bits per heavy atom. The number of rotatable bonds is 4. The number of hydrogen-bond acceptors (Lipinski definition) is 4. The molecule has 0 fully saturated rings. The highest BCUT2D eigenvalue weighted by Gasteiger charge is 2.03. The van der Waals surface area contributed by atoms with Crippen LogP contribution in [0.5, 0.6) is 5.75 Å². The molecule has 0 aliphatic carbocycles. The average Bonchev–Trinajstić information content (AvgIpc) is 2.84. The summed E-state index contributed by atoms with van der Waals surface area (Å²) in [6, 6.07) is 10.4. The monoisotopic (exact) mass is 294 g/mol. The summed E-state index contributed by atoms with van der Waals surface area (Å²) in [5.74, 6) is 0.426. The van der Waals surface area contributed by atoms with Gasteiger partial charge in [0.2, 0.25) is 0 Å². The van der Waals surface area contributed by atoms with Crippen molar-refractivity contribution in [2.24, 2.45) is 5.10 Å². The normalized spacial score (nSPS) is 10.6. The molecule has 4 nitrogen and oxygen atoms in total. The number of benzene rings is 1. The van der Waals surface area contributed by atoms with Crippen LogP contribution in [0.3, 0.4) is 0 Å². The quantitative estimate of drug-likeness (QED) is 0.695. The molecule has 0 atom stereocenters. The molecule has 0 saturated heterocycles. The van der Waals surface area contributed by atoms with Crippen LogP contribution in [0.15, 0.2) is 41.5 Å². The van der Waals surface area contributed by atoms with E-state index in [4.69, 9.17) is 16.3 Å². The molecule has 0 unspecified atom stereocenters. The Balaban J connectivity index is 1.95. The fourth-order valence-corrected chi connectivity index (χ4v) is 2.29. The molecule has 2 rings (SSSR count). The van der Waals surface area contributed by atoms with Gasteiger partial charge in [0.15, 0.2) is 0 Å². The van der Waals surface area contributed by atoms with Crippen LogP contribution in [0.2, 0.25) is 4.34 Å². The van der Waals surface area contributed by atoms with Gasteiger partial charge in [0.1, 0.15) is 5.75 Å². The van der Waals surface area contributed by atoms with E-state index in [2.05, 4.69) is 10.5 Å². The Hall–Kier alpha value is -1.85. The SMILES string of the molecule is COc1ccc(C(=O)N/N=C/c2ccc(Cl)s2)cc1. The van der Waals surface area contributed by atoms with Crippen molar-refractivity contribution in [3.05, 3.63) is 51.2 Å². The van der Waals surface area contributed by atoms with E-state index in [1.54, 1.807) is 43.7 Å². The first kappa shape index (κ1) is 13.6. The summed E-state index contributed by atoms with van der Waals surface area (Å²) >= 11 is 7.17. The highest BCUT2D eigenvalue weighted by atomic mass is 35.5. The number of methoxy groups -OCH3 is 1. The number of ether oxygens (including phenoxy) is 1. The molecule has 0 saturated carbocycles. The van der Waals surface area contributed by atoms with E-state index in [9.17, 15) is 4.79 Å². The van der Waals surface area contributed by atoms with Gasteiger partial charge in [-0.25, -0.2) is 5.43 Å². The lowest BCUT2D eigenvalue weighted by Gasteiger charge is -2.01. The minimum Gasteiger partial charge on any atom is -0.497 e. The van der Waals surface area contributed by atoms with Crippen LogP contribution in [0, 0.1) is 0 Å². The second-order valence-electron chi connectivity index (χ2n) is 3.57. The van der Waals surface area contributed by atoms with Gasteiger partial charge in [-0.1, -0.05) is 11.6 Å². The predicted octanol–water partition coefficient (Wildman–Crippen LogP) is 3.17. The second-order valence-corrected chi connectivity index (χ2v) is 5.32. The fourth-order valence-electron chi connectivity index (χ4n) is 1.36. The van der Waals surface area contributed by atoms with Crippen molar-refractivity contribution >= 4 is 35.1 Å². The van der Waals surface area contributed by atoms with Crippen LogP contribution in [0.25, 0.3) is 0 Å². The van der Waals surface area contributed by atoms with Crippen molar-refractivity contribution < 1.29 is 9.53 Å². The zero-order valence-electron chi connectivity index (χ0n) is 10.1. The molecule has 0 radical (unpaired) electrons. The number of thiophene rings is 1. The number of halogens is 1. The zero-order valence-corrected chi connectivity index (χ0v) is 11.7. The maximum atomic E-state index is 11.8. The lowest BCUT2D eigenvalue weighted by molar-refractivity contribution is 0.0955. The van der Waals surface area contributed by atoms with Gasteiger partial charge >= 0.3 is 0 Å². The summed E-state index contributed by atoms with van der Waals surface area (Å²) in [6.07, 6.45) is 1.55. The van der Waals surface area contributed by atoms with E-state index in [1.807, 2.05) is 6.07 Å². The molecule has 1 N–H and O–H groups in total. The number of carbonyl (C=O) groups is 1. The number of carbonyl (C=O) groups excluding carboxylic acids is 1. The standard InChI is InChI=1S/C13H11ClN2O2S/c1-18-10-4-2-9(3-5-10)13(17)16-15-8-11-6-7-12(14)19-11/h2-8H,1H3,(H,16,17)/b15-8+. The molecule has 1 aromatic heterocycles. The van der Waals surface area contributed by atoms with Gasteiger partial charge in [0, 0.05) is 10.4 Å². The molecule has 0 spiro atoms. The molecule has 0 bridgehead atoms. The Kier molecular flexibility index (Phi) is 4.54. The Morgan fingerprint density at radius 3 is 2.63 bits per heavy atom. The van der Waals surface area contributed by atoms with Gasteiger partial charge in [-0.3, -0.25) is 4.79 Å².